The van der Waals surface area contributed by atoms with E-state index in [1.54, 1.807) is 4.90 Å². The van der Waals surface area contributed by atoms with Gasteiger partial charge in [0.25, 0.3) is 0 Å². The normalized spacial score (nSPS) is 17.5. The number of piperidine rings is 1. The van der Waals surface area contributed by atoms with Gasteiger partial charge in [0.2, 0.25) is 5.91 Å². The van der Waals surface area contributed by atoms with Crippen LogP contribution in [0.15, 0.2) is 0 Å². The number of amides is 1. The number of hydrogen-bond acceptors (Lipinski definition) is 3. The van der Waals surface area contributed by atoms with E-state index in [-0.39, 0.29) is 11.8 Å². The molecule has 98 valence electrons. The molecule has 1 fully saturated rings. The molecule has 1 rings (SSSR count). The molecule has 0 unspecified atom stereocenters. The smallest absolute Gasteiger partial charge is 0.306 e. The minimum Gasteiger partial charge on any atom is -0.481 e. The molecular formula is C12H22N2O3. The first-order valence-corrected chi connectivity index (χ1v) is 6.31. The van der Waals surface area contributed by atoms with Crippen molar-refractivity contribution in [1.29, 1.82) is 0 Å². The van der Waals surface area contributed by atoms with Crippen molar-refractivity contribution in [2.45, 2.75) is 26.7 Å². The Labute approximate surface area is 102 Å². The van der Waals surface area contributed by atoms with Gasteiger partial charge in [0.1, 0.15) is 0 Å². The molecule has 0 radical (unpaired) electrons. The second-order valence-corrected chi connectivity index (χ2v) is 4.45. The highest BCUT2D eigenvalue weighted by Gasteiger charge is 2.27. The van der Waals surface area contributed by atoms with Crippen molar-refractivity contribution >= 4 is 11.9 Å². The van der Waals surface area contributed by atoms with Gasteiger partial charge in [-0.1, -0.05) is 13.8 Å². The Bertz CT molecular complexity index is 269. The molecule has 0 atom stereocenters. The Morgan fingerprint density at radius 2 is 1.76 bits per heavy atom. The molecule has 0 aliphatic carbocycles. The largest absolute Gasteiger partial charge is 0.481 e. The van der Waals surface area contributed by atoms with Crippen molar-refractivity contribution < 1.29 is 14.7 Å². The van der Waals surface area contributed by atoms with Crippen LogP contribution in [0.5, 0.6) is 0 Å². The van der Waals surface area contributed by atoms with Crippen LogP contribution in [0.4, 0.5) is 0 Å². The molecule has 1 saturated heterocycles. The minimum absolute atomic E-state index is 0.123. The van der Waals surface area contributed by atoms with Crippen molar-refractivity contribution in [3.63, 3.8) is 0 Å². The van der Waals surface area contributed by atoms with Crippen molar-refractivity contribution in [2.24, 2.45) is 5.92 Å². The highest BCUT2D eigenvalue weighted by atomic mass is 16.4. The monoisotopic (exact) mass is 242 g/mol. The number of carbonyl (C=O) groups is 2. The zero-order valence-corrected chi connectivity index (χ0v) is 10.7. The Hall–Kier alpha value is -1.10. The van der Waals surface area contributed by atoms with Gasteiger partial charge in [0.05, 0.1) is 12.5 Å². The van der Waals surface area contributed by atoms with Crippen molar-refractivity contribution in [3.05, 3.63) is 0 Å². The summed E-state index contributed by atoms with van der Waals surface area (Å²) in [6.07, 6.45) is 1.17. The molecule has 0 aromatic carbocycles. The van der Waals surface area contributed by atoms with E-state index >= 15 is 0 Å². The van der Waals surface area contributed by atoms with Crippen molar-refractivity contribution in [2.75, 3.05) is 32.7 Å². The first-order chi connectivity index (χ1) is 8.08. The maximum Gasteiger partial charge on any atom is 0.306 e. The number of likely N-dealkylation sites (tertiary alicyclic amines) is 1. The lowest BCUT2D eigenvalue weighted by atomic mass is 9.97. The molecule has 5 heteroatoms. The Balaban J connectivity index is 2.38. The molecule has 1 heterocycles. The summed E-state index contributed by atoms with van der Waals surface area (Å²) in [5.74, 6) is -0.883. The lowest BCUT2D eigenvalue weighted by Crippen LogP contribution is -2.45. The van der Waals surface area contributed by atoms with Gasteiger partial charge < -0.3 is 10.0 Å². The summed E-state index contributed by atoms with van der Waals surface area (Å²) in [5.41, 5.74) is 0. The molecule has 0 aromatic rings. The second-order valence-electron chi connectivity index (χ2n) is 4.45. The van der Waals surface area contributed by atoms with E-state index < -0.39 is 5.97 Å². The highest BCUT2D eigenvalue weighted by Crippen LogP contribution is 2.17. The van der Waals surface area contributed by atoms with Gasteiger partial charge in [-0.15, -0.1) is 0 Å². The Kier molecular flexibility index (Phi) is 5.41. The molecular weight excluding hydrogens is 220 g/mol. The van der Waals surface area contributed by atoms with E-state index in [4.69, 9.17) is 5.11 Å². The topological polar surface area (TPSA) is 60.9 Å². The zero-order chi connectivity index (χ0) is 12.8. The third kappa shape index (κ3) is 4.00. The molecule has 17 heavy (non-hydrogen) atoms. The summed E-state index contributed by atoms with van der Waals surface area (Å²) in [5, 5.41) is 8.87. The van der Waals surface area contributed by atoms with Crippen molar-refractivity contribution in [3.8, 4) is 0 Å². The average molecular weight is 242 g/mol. The maximum absolute atomic E-state index is 11.9. The number of aliphatic carboxylic acids is 1. The van der Waals surface area contributed by atoms with E-state index in [1.165, 1.54) is 0 Å². The molecule has 1 aliphatic rings. The number of carboxylic acids is 1. The van der Waals surface area contributed by atoms with Gasteiger partial charge in [-0.25, -0.2) is 0 Å². The Morgan fingerprint density at radius 3 is 2.18 bits per heavy atom. The third-order valence-corrected chi connectivity index (χ3v) is 3.45. The summed E-state index contributed by atoms with van der Waals surface area (Å²) in [7, 11) is 0. The van der Waals surface area contributed by atoms with Crippen LogP contribution in [0.25, 0.3) is 0 Å². The quantitative estimate of drug-likeness (QED) is 0.769. The fourth-order valence-electron chi connectivity index (χ4n) is 2.11. The van der Waals surface area contributed by atoms with E-state index in [9.17, 15) is 9.59 Å². The van der Waals surface area contributed by atoms with Gasteiger partial charge in [-0.3, -0.25) is 14.5 Å². The van der Waals surface area contributed by atoms with Crippen LogP contribution >= 0.6 is 0 Å². The van der Waals surface area contributed by atoms with Gasteiger partial charge in [-0.2, -0.15) is 0 Å². The lowest BCUT2D eigenvalue weighted by molar-refractivity contribution is -0.145. The first-order valence-electron chi connectivity index (χ1n) is 6.31. The highest BCUT2D eigenvalue weighted by molar-refractivity contribution is 5.79. The molecule has 0 aromatic heterocycles. The molecule has 1 aliphatic heterocycles. The second kappa shape index (κ2) is 6.59. The number of likely N-dealkylation sites (N-methyl/N-ethyl adjacent to an activating group) is 1. The number of carboxylic acid groups (broad SMARTS) is 1. The third-order valence-electron chi connectivity index (χ3n) is 3.45. The maximum atomic E-state index is 11.9. The number of rotatable bonds is 5. The molecule has 1 amide bonds. The number of nitrogens with zero attached hydrogens (tertiary/aromatic N) is 2. The number of hydrogen-bond donors (Lipinski definition) is 1. The van der Waals surface area contributed by atoms with Crippen LogP contribution < -0.4 is 0 Å². The molecule has 0 saturated carbocycles. The average Bonchev–Trinajstić information content (AvgIpc) is 2.35. The summed E-state index contributed by atoms with van der Waals surface area (Å²) in [6.45, 7) is 7.42. The molecule has 0 spiro atoms. The predicted octanol–water partition coefficient (Wildman–Crippen LogP) is 0.651. The SMILES string of the molecule is CCN(CC)CC(=O)N1CCC(C(=O)O)CC1. The summed E-state index contributed by atoms with van der Waals surface area (Å²) >= 11 is 0. The summed E-state index contributed by atoms with van der Waals surface area (Å²) < 4.78 is 0. The van der Waals surface area contributed by atoms with E-state index in [1.807, 2.05) is 13.8 Å². The predicted molar refractivity (Wildman–Crippen MR) is 64.7 cm³/mol. The van der Waals surface area contributed by atoms with Crippen LogP contribution in [-0.4, -0.2) is 59.5 Å². The van der Waals surface area contributed by atoms with E-state index in [2.05, 4.69) is 4.90 Å². The van der Waals surface area contributed by atoms with Gasteiger partial charge in [0.15, 0.2) is 0 Å². The fraction of sp³-hybridized carbons (Fsp3) is 0.833. The Morgan fingerprint density at radius 1 is 1.24 bits per heavy atom. The molecule has 1 N–H and O–H groups in total. The van der Waals surface area contributed by atoms with Crippen LogP contribution in [0.1, 0.15) is 26.7 Å². The van der Waals surface area contributed by atoms with Gasteiger partial charge in [-0.05, 0) is 25.9 Å². The standard InChI is InChI=1S/C12H22N2O3/c1-3-13(4-2)9-11(15)14-7-5-10(6-8-14)12(16)17/h10H,3-9H2,1-2H3,(H,16,17). The fourth-order valence-corrected chi connectivity index (χ4v) is 2.11. The lowest BCUT2D eigenvalue weighted by Gasteiger charge is -2.31. The summed E-state index contributed by atoms with van der Waals surface area (Å²) in [4.78, 5) is 26.6. The van der Waals surface area contributed by atoms with Crippen LogP contribution in [0.3, 0.4) is 0 Å². The van der Waals surface area contributed by atoms with Crippen LogP contribution in [0, 0.1) is 5.92 Å². The molecule has 0 bridgehead atoms. The van der Waals surface area contributed by atoms with Crippen LogP contribution in [0.2, 0.25) is 0 Å². The van der Waals surface area contributed by atoms with Crippen molar-refractivity contribution in [1.82, 2.24) is 9.80 Å². The van der Waals surface area contributed by atoms with E-state index in [0.717, 1.165) is 13.1 Å². The molecule has 5 nitrogen and oxygen atoms in total. The minimum atomic E-state index is -0.735. The number of carbonyl (C=O) groups excluding carboxylic acids is 1. The van der Waals surface area contributed by atoms with Gasteiger partial charge in [0, 0.05) is 13.1 Å². The van der Waals surface area contributed by atoms with Gasteiger partial charge >= 0.3 is 5.97 Å². The van der Waals surface area contributed by atoms with E-state index in [0.29, 0.717) is 32.5 Å². The zero-order valence-electron chi connectivity index (χ0n) is 10.7. The first kappa shape index (κ1) is 14.0. The van der Waals surface area contributed by atoms with Crippen LogP contribution in [-0.2, 0) is 9.59 Å². The summed E-state index contributed by atoms with van der Waals surface area (Å²) in [6, 6.07) is 0.